The van der Waals surface area contributed by atoms with Crippen LogP contribution in [0.5, 0.6) is 5.75 Å². The number of aryl methyl sites for hydroxylation is 2. The van der Waals surface area contributed by atoms with Crippen molar-refractivity contribution in [2.75, 3.05) is 11.9 Å². The van der Waals surface area contributed by atoms with Crippen LogP contribution in [0.4, 0.5) is 5.69 Å². The van der Waals surface area contributed by atoms with Crippen LogP contribution in [0, 0.1) is 0 Å². The summed E-state index contributed by atoms with van der Waals surface area (Å²) in [6, 6.07) is 13.9. The quantitative estimate of drug-likeness (QED) is 0.912. The monoisotopic (exact) mass is 295 g/mol. The highest BCUT2D eigenvalue weighted by atomic mass is 16.5. The summed E-state index contributed by atoms with van der Waals surface area (Å²) in [5.41, 5.74) is 4.74. The first-order valence-corrected chi connectivity index (χ1v) is 7.88. The normalized spacial score (nSPS) is 12.8. The van der Waals surface area contributed by atoms with Gasteiger partial charge in [-0.05, 0) is 67.1 Å². The molecule has 0 bridgehead atoms. The summed E-state index contributed by atoms with van der Waals surface area (Å²) in [5.74, 6) is 0.834. The molecule has 0 unspecified atom stereocenters. The van der Waals surface area contributed by atoms with Crippen molar-refractivity contribution >= 4 is 11.6 Å². The average Bonchev–Trinajstić information content (AvgIpc) is 2.97. The minimum Gasteiger partial charge on any atom is -0.494 e. The Kier molecular flexibility index (Phi) is 4.42. The van der Waals surface area contributed by atoms with Gasteiger partial charge < -0.3 is 10.1 Å². The molecule has 3 rings (SSSR count). The molecular weight excluding hydrogens is 274 g/mol. The third-order valence-corrected chi connectivity index (χ3v) is 3.98. The molecule has 1 N–H and O–H groups in total. The second-order valence-corrected chi connectivity index (χ2v) is 5.64. The molecule has 0 aliphatic heterocycles. The predicted molar refractivity (Wildman–Crippen MR) is 88.4 cm³/mol. The highest BCUT2D eigenvalue weighted by Gasteiger charge is 2.12. The molecule has 0 atom stereocenters. The number of carbonyl (C=O) groups excluding carboxylic acids is 1. The number of hydrogen-bond donors (Lipinski definition) is 1. The van der Waals surface area contributed by atoms with Gasteiger partial charge in [-0.15, -0.1) is 0 Å². The van der Waals surface area contributed by atoms with Crippen molar-refractivity contribution in [3.63, 3.8) is 0 Å². The topological polar surface area (TPSA) is 38.3 Å². The summed E-state index contributed by atoms with van der Waals surface area (Å²) in [6.45, 7) is 2.59. The van der Waals surface area contributed by atoms with Crippen LogP contribution >= 0.6 is 0 Å². The Hall–Kier alpha value is -2.29. The van der Waals surface area contributed by atoms with Crippen LogP contribution in [0.2, 0.25) is 0 Å². The van der Waals surface area contributed by atoms with E-state index in [1.165, 1.54) is 24.0 Å². The molecule has 2 aromatic rings. The maximum absolute atomic E-state index is 12.2. The number of fused-ring (bicyclic) bond motifs is 1. The molecule has 0 fully saturated rings. The van der Waals surface area contributed by atoms with Crippen molar-refractivity contribution in [3.05, 3.63) is 59.2 Å². The molecule has 0 aromatic heterocycles. The van der Waals surface area contributed by atoms with Gasteiger partial charge in [0.15, 0.2) is 0 Å². The third kappa shape index (κ3) is 3.48. The fourth-order valence-electron chi connectivity index (χ4n) is 2.93. The Balaban J connectivity index is 1.60. The number of carbonyl (C=O) groups is 1. The first-order chi connectivity index (χ1) is 10.7. The van der Waals surface area contributed by atoms with Crippen molar-refractivity contribution in [1.82, 2.24) is 0 Å². The molecule has 22 heavy (non-hydrogen) atoms. The zero-order valence-electron chi connectivity index (χ0n) is 12.9. The number of amides is 1. The van der Waals surface area contributed by atoms with E-state index >= 15 is 0 Å². The molecule has 0 saturated carbocycles. The highest BCUT2D eigenvalue weighted by molar-refractivity contribution is 5.92. The molecule has 3 heteroatoms. The smallest absolute Gasteiger partial charge is 0.228 e. The maximum atomic E-state index is 12.2. The Morgan fingerprint density at radius 1 is 1.09 bits per heavy atom. The van der Waals surface area contributed by atoms with Crippen LogP contribution in [-0.2, 0) is 24.1 Å². The minimum absolute atomic E-state index is 0.0158. The Bertz CT molecular complexity index is 662. The van der Waals surface area contributed by atoms with Gasteiger partial charge in [-0.2, -0.15) is 0 Å². The van der Waals surface area contributed by atoms with Crippen LogP contribution < -0.4 is 10.1 Å². The number of ether oxygens (including phenoxy) is 1. The van der Waals surface area contributed by atoms with E-state index in [1.54, 1.807) is 0 Å². The number of anilines is 1. The molecule has 114 valence electrons. The van der Waals surface area contributed by atoms with Gasteiger partial charge in [-0.3, -0.25) is 4.79 Å². The van der Waals surface area contributed by atoms with Gasteiger partial charge in [0.05, 0.1) is 13.0 Å². The second-order valence-electron chi connectivity index (χ2n) is 5.64. The van der Waals surface area contributed by atoms with E-state index in [4.69, 9.17) is 4.74 Å². The largest absolute Gasteiger partial charge is 0.494 e. The molecule has 0 spiro atoms. The maximum Gasteiger partial charge on any atom is 0.228 e. The van der Waals surface area contributed by atoms with Gasteiger partial charge in [0.25, 0.3) is 0 Å². The number of rotatable bonds is 5. The first-order valence-electron chi connectivity index (χ1n) is 7.88. The van der Waals surface area contributed by atoms with Gasteiger partial charge in [0.1, 0.15) is 5.75 Å². The van der Waals surface area contributed by atoms with Crippen molar-refractivity contribution in [3.8, 4) is 5.75 Å². The molecule has 0 heterocycles. The summed E-state index contributed by atoms with van der Waals surface area (Å²) < 4.78 is 5.39. The zero-order chi connectivity index (χ0) is 15.4. The molecule has 2 aromatic carbocycles. The van der Waals surface area contributed by atoms with Crippen LogP contribution in [-0.4, -0.2) is 12.5 Å². The lowest BCUT2D eigenvalue weighted by Gasteiger charge is -2.08. The molecule has 0 saturated heterocycles. The van der Waals surface area contributed by atoms with Gasteiger partial charge in [-0.25, -0.2) is 0 Å². The van der Waals surface area contributed by atoms with Gasteiger partial charge >= 0.3 is 0 Å². The summed E-state index contributed by atoms with van der Waals surface area (Å²) in [5, 5.41) is 2.93. The van der Waals surface area contributed by atoms with E-state index < -0.39 is 0 Å². The first kappa shape index (κ1) is 14.6. The van der Waals surface area contributed by atoms with Crippen LogP contribution in [0.25, 0.3) is 0 Å². The highest BCUT2D eigenvalue weighted by Crippen LogP contribution is 2.23. The van der Waals surface area contributed by atoms with Crippen molar-refractivity contribution in [2.45, 2.75) is 32.6 Å². The Labute approximate surface area is 131 Å². The summed E-state index contributed by atoms with van der Waals surface area (Å²) in [4.78, 5) is 12.2. The van der Waals surface area contributed by atoms with E-state index in [0.717, 1.165) is 23.4 Å². The molecule has 1 aliphatic rings. The van der Waals surface area contributed by atoms with Crippen molar-refractivity contribution < 1.29 is 9.53 Å². The molecule has 0 radical (unpaired) electrons. The second kappa shape index (κ2) is 6.65. The van der Waals surface area contributed by atoms with Gasteiger partial charge in [0.2, 0.25) is 5.91 Å². The standard InChI is InChI=1S/C19H21NO2/c1-2-22-18-10-8-17(9-11-18)20-19(21)13-14-6-7-15-4-3-5-16(15)12-14/h6-12H,2-5,13H2,1H3,(H,20,21). The number of benzene rings is 2. The van der Waals surface area contributed by atoms with E-state index in [-0.39, 0.29) is 5.91 Å². The molecule has 1 aliphatic carbocycles. The van der Waals surface area contributed by atoms with Crippen LogP contribution in [0.15, 0.2) is 42.5 Å². The van der Waals surface area contributed by atoms with Crippen molar-refractivity contribution in [2.24, 2.45) is 0 Å². The number of hydrogen-bond acceptors (Lipinski definition) is 2. The average molecular weight is 295 g/mol. The van der Waals surface area contributed by atoms with Crippen LogP contribution in [0.3, 0.4) is 0 Å². The number of nitrogens with one attached hydrogen (secondary N) is 1. The third-order valence-electron chi connectivity index (χ3n) is 3.98. The fraction of sp³-hybridized carbons (Fsp3) is 0.316. The Morgan fingerprint density at radius 3 is 2.64 bits per heavy atom. The lowest BCUT2D eigenvalue weighted by molar-refractivity contribution is -0.115. The summed E-state index contributed by atoms with van der Waals surface area (Å²) in [7, 11) is 0. The Morgan fingerprint density at radius 2 is 1.86 bits per heavy atom. The van der Waals surface area contributed by atoms with E-state index in [1.807, 2.05) is 31.2 Å². The van der Waals surface area contributed by atoms with Crippen LogP contribution in [0.1, 0.15) is 30.0 Å². The zero-order valence-corrected chi connectivity index (χ0v) is 12.9. The summed E-state index contributed by atoms with van der Waals surface area (Å²) in [6.07, 6.45) is 3.97. The SMILES string of the molecule is CCOc1ccc(NC(=O)Cc2ccc3c(c2)CCC3)cc1. The molecular formula is C19H21NO2. The summed E-state index contributed by atoms with van der Waals surface area (Å²) >= 11 is 0. The molecule has 3 nitrogen and oxygen atoms in total. The molecule has 1 amide bonds. The predicted octanol–water partition coefficient (Wildman–Crippen LogP) is 3.76. The minimum atomic E-state index is 0.0158. The fourth-order valence-corrected chi connectivity index (χ4v) is 2.93. The van der Waals surface area contributed by atoms with E-state index in [0.29, 0.717) is 13.0 Å². The van der Waals surface area contributed by atoms with E-state index in [2.05, 4.69) is 23.5 Å². The van der Waals surface area contributed by atoms with Gasteiger partial charge in [-0.1, -0.05) is 18.2 Å². The van der Waals surface area contributed by atoms with Gasteiger partial charge in [0, 0.05) is 5.69 Å². The lowest BCUT2D eigenvalue weighted by atomic mass is 10.0. The van der Waals surface area contributed by atoms with Crippen molar-refractivity contribution in [1.29, 1.82) is 0 Å². The lowest BCUT2D eigenvalue weighted by Crippen LogP contribution is -2.14. The van der Waals surface area contributed by atoms with E-state index in [9.17, 15) is 4.79 Å².